The van der Waals surface area contributed by atoms with E-state index in [1.54, 1.807) is 0 Å². The number of fused-ring (bicyclic) bond motifs is 7. The van der Waals surface area contributed by atoms with Crippen molar-refractivity contribution in [2.75, 3.05) is 0 Å². The number of ether oxygens (including phenoxy) is 1. The maximum atomic E-state index is 6.94. The van der Waals surface area contributed by atoms with Crippen molar-refractivity contribution in [2.24, 2.45) is 0 Å². The number of hydrogen-bond donors (Lipinski definition) is 0. The van der Waals surface area contributed by atoms with Crippen molar-refractivity contribution in [1.29, 1.82) is 0 Å². The molecular formula is C51H33N3O. The van der Waals surface area contributed by atoms with E-state index in [2.05, 4.69) is 182 Å². The monoisotopic (exact) mass is 703 g/mol. The molecule has 8 aromatic carbocycles. The highest BCUT2D eigenvalue weighted by Crippen LogP contribution is 2.52. The van der Waals surface area contributed by atoms with Crippen molar-refractivity contribution in [3.05, 3.63) is 199 Å². The molecule has 2 atom stereocenters. The molecule has 4 nitrogen and oxygen atoms in total. The van der Waals surface area contributed by atoms with Gasteiger partial charge in [-0.3, -0.25) is 0 Å². The SMILES string of the molecule is C1=CC2Oc3c(-c4cc5ccccc5c5ccccc45)cccc3C2C(c2nc(-c3ccc(-c4ccccc4)cc3)nc(-c3ccc4ccccc4c3)n2)=C1. The van der Waals surface area contributed by atoms with Crippen LogP contribution >= 0.6 is 0 Å². The number of nitrogens with zero attached hydrogens (tertiary/aromatic N) is 3. The van der Waals surface area contributed by atoms with Crippen LogP contribution in [0, 0.1) is 0 Å². The van der Waals surface area contributed by atoms with E-state index >= 15 is 0 Å². The van der Waals surface area contributed by atoms with Gasteiger partial charge in [0.2, 0.25) is 0 Å². The van der Waals surface area contributed by atoms with Gasteiger partial charge in [0.1, 0.15) is 11.9 Å². The van der Waals surface area contributed by atoms with Crippen LogP contribution in [0.15, 0.2) is 188 Å². The molecule has 4 heteroatoms. The van der Waals surface area contributed by atoms with Gasteiger partial charge < -0.3 is 4.74 Å². The number of para-hydroxylation sites is 1. The largest absolute Gasteiger partial charge is 0.484 e. The zero-order valence-electron chi connectivity index (χ0n) is 29.8. The Labute approximate surface area is 318 Å². The Morgan fingerprint density at radius 2 is 1.05 bits per heavy atom. The van der Waals surface area contributed by atoms with Gasteiger partial charge in [-0.05, 0) is 67.2 Å². The standard InChI is InChI=1S/C51H33N3O/c1-2-12-32(13-3-1)34-24-27-35(28-25-34)49-52-50(38-29-26-33-14-4-5-15-36(33)30-38)54-51(53-49)44-22-11-23-46-47(44)43-21-10-20-42(48(43)55-46)45-31-37-16-6-7-17-39(37)40-18-8-9-19-41(40)45/h1-31,46-47H. The van der Waals surface area contributed by atoms with Gasteiger partial charge >= 0.3 is 0 Å². The first-order valence-electron chi connectivity index (χ1n) is 18.8. The second kappa shape index (κ2) is 12.8. The lowest BCUT2D eigenvalue weighted by molar-refractivity contribution is 0.272. The summed E-state index contributed by atoms with van der Waals surface area (Å²) in [5.74, 6) is 2.75. The third-order valence-electron chi connectivity index (χ3n) is 11.1. The smallest absolute Gasteiger partial charge is 0.164 e. The summed E-state index contributed by atoms with van der Waals surface area (Å²) in [5, 5.41) is 7.22. The molecule has 1 aliphatic carbocycles. The maximum Gasteiger partial charge on any atom is 0.164 e. The predicted octanol–water partition coefficient (Wildman–Crippen LogP) is 12.5. The van der Waals surface area contributed by atoms with Crippen molar-refractivity contribution in [3.8, 4) is 50.8 Å². The Bertz CT molecular complexity index is 3020. The van der Waals surface area contributed by atoms with Crippen LogP contribution in [0.4, 0.5) is 0 Å². The topological polar surface area (TPSA) is 47.9 Å². The average Bonchev–Trinajstić information content (AvgIpc) is 3.66. The Balaban J connectivity index is 1.06. The number of aromatic nitrogens is 3. The van der Waals surface area contributed by atoms with E-state index in [1.165, 1.54) is 38.1 Å². The summed E-state index contributed by atoms with van der Waals surface area (Å²) in [7, 11) is 0. The molecule has 11 rings (SSSR count). The van der Waals surface area contributed by atoms with Crippen LogP contribution in [-0.2, 0) is 0 Å². The second-order valence-electron chi connectivity index (χ2n) is 14.3. The molecule has 0 N–H and O–H groups in total. The fourth-order valence-corrected chi connectivity index (χ4v) is 8.42. The molecule has 0 fully saturated rings. The Morgan fingerprint density at radius 1 is 0.418 bits per heavy atom. The molecule has 55 heavy (non-hydrogen) atoms. The number of hydrogen-bond acceptors (Lipinski definition) is 4. The van der Waals surface area contributed by atoms with Gasteiger partial charge in [-0.25, -0.2) is 15.0 Å². The fraction of sp³-hybridized carbons (Fsp3) is 0.0392. The van der Waals surface area contributed by atoms with Crippen molar-refractivity contribution >= 4 is 37.9 Å². The van der Waals surface area contributed by atoms with E-state index in [4.69, 9.17) is 19.7 Å². The van der Waals surface area contributed by atoms with E-state index in [0.29, 0.717) is 17.5 Å². The van der Waals surface area contributed by atoms with Crippen LogP contribution in [0.2, 0.25) is 0 Å². The summed E-state index contributed by atoms with van der Waals surface area (Å²) in [6.45, 7) is 0. The highest BCUT2D eigenvalue weighted by molar-refractivity contribution is 6.14. The van der Waals surface area contributed by atoms with Crippen LogP contribution in [0.25, 0.3) is 82.9 Å². The molecule has 258 valence electrons. The Kier molecular flexibility index (Phi) is 7.27. The van der Waals surface area contributed by atoms with Gasteiger partial charge in [0.05, 0.1) is 5.92 Å². The first kappa shape index (κ1) is 31.4. The third-order valence-corrected chi connectivity index (χ3v) is 11.1. The fourth-order valence-electron chi connectivity index (χ4n) is 8.42. The normalized spacial score (nSPS) is 15.8. The first-order chi connectivity index (χ1) is 27.2. The van der Waals surface area contributed by atoms with Gasteiger partial charge in [-0.15, -0.1) is 0 Å². The summed E-state index contributed by atoms with van der Waals surface area (Å²) in [4.78, 5) is 15.6. The van der Waals surface area contributed by atoms with E-state index in [9.17, 15) is 0 Å². The minimum absolute atomic E-state index is 0.0909. The molecule has 0 spiro atoms. The van der Waals surface area contributed by atoms with Gasteiger partial charge in [0.15, 0.2) is 17.5 Å². The molecule has 2 heterocycles. The molecule has 0 saturated carbocycles. The molecule has 2 unspecified atom stereocenters. The van der Waals surface area contributed by atoms with Crippen molar-refractivity contribution in [2.45, 2.75) is 12.0 Å². The van der Waals surface area contributed by atoms with Crippen LogP contribution in [0.5, 0.6) is 5.75 Å². The summed E-state index contributed by atoms with van der Waals surface area (Å²) in [6.07, 6.45) is 6.20. The molecule has 1 aliphatic heterocycles. The molecule has 0 radical (unpaired) electrons. The molecule has 0 saturated heterocycles. The zero-order valence-corrected chi connectivity index (χ0v) is 29.8. The van der Waals surface area contributed by atoms with Crippen LogP contribution in [-0.4, -0.2) is 21.1 Å². The lowest BCUT2D eigenvalue weighted by Gasteiger charge is -2.22. The van der Waals surface area contributed by atoms with Crippen molar-refractivity contribution in [1.82, 2.24) is 15.0 Å². The molecular weight excluding hydrogens is 671 g/mol. The molecule has 9 aromatic rings. The van der Waals surface area contributed by atoms with Crippen molar-refractivity contribution < 1.29 is 4.74 Å². The van der Waals surface area contributed by atoms with E-state index in [-0.39, 0.29) is 12.0 Å². The molecule has 0 amide bonds. The second-order valence-corrected chi connectivity index (χ2v) is 14.3. The summed E-state index contributed by atoms with van der Waals surface area (Å²) in [5.41, 5.74) is 8.60. The molecule has 0 bridgehead atoms. The maximum absolute atomic E-state index is 6.94. The van der Waals surface area contributed by atoms with E-state index in [0.717, 1.165) is 44.5 Å². The highest BCUT2D eigenvalue weighted by Gasteiger charge is 2.40. The lowest BCUT2D eigenvalue weighted by atomic mass is 9.83. The van der Waals surface area contributed by atoms with Crippen LogP contribution in [0.1, 0.15) is 17.3 Å². The number of allylic oxidation sites excluding steroid dienone is 2. The lowest BCUT2D eigenvalue weighted by Crippen LogP contribution is -2.20. The summed E-state index contributed by atoms with van der Waals surface area (Å²) >= 11 is 0. The number of benzene rings is 8. The van der Waals surface area contributed by atoms with Gasteiger partial charge in [0.25, 0.3) is 0 Å². The van der Waals surface area contributed by atoms with E-state index < -0.39 is 0 Å². The quantitative estimate of drug-likeness (QED) is 0.167. The molecule has 1 aromatic heterocycles. The van der Waals surface area contributed by atoms with Crippen molar-refractivity contribution in [3.63, 3.8) is 0 Å². The number of rotatable bonds is 5. The molecule has 2 aliphatic rings. The van der Waals surface area contributed by atoms with Gasteiger partial charge in [0, 0.05) is 27.8 Å². The minimum atomic E-state index is -0.197. The average molecular weight is 704 g/mol. The Hall–Kier alpha value is -7.17. The van der Waals surface area contributed by atoms with Gasteiger partial charge in [-0.2, -0.15) is 0 Å². The summed E-state index contributed by atoms with van der Waals surface area (Å²) in [6, 6.07) is 59.9. The van der Waals surface area contributed by atoms with E-state index in [1.807, 2.05) is 6.07 Å². The van der Waals surface area contributed by atoms with Crippen LogP contribution in [0.3, 0.4) is 0 Å². The Morgan fingerprint density at radius 3 is 1.89 bits per heavy atom. The highest BCUT2D eigenvalue weighted by atomic mass is 16.5. The third kappa shape index (κ3) is 5.33. The van der Waals surface area contributed by atoms with Gasteiger partial charge in [-0.1, -0.05) is 170 Å². The van der Waals surface area contributed by atoms with Crippen LogP contribution < -0.4 is 4.74 Å². The summed E-state index contributed by atoms with van der Waals surface area (Å²) < 4.78 is 6.94. The predicted molar refractivity (Wildman–Crippen MR) is 225 cm³/mol. The zero-order chi connectivity index (χ0) is 36.3. The minimum Gasteiger partial charge on any atom is -0.484 e. The first-order valence-corrected chi connectivity index (χ1v) is 18.8.